The van der Waals surface area contributed by atoms with Gasteiger partial charge in [-0.05, 0) is 74.1 Å². The summed E-state index contributed by atoms with van der Waals surface area (Å²) in [6.07, 6.45) is 10.5. The summed E-state index contributed by atoms with van der Waals surface area (Å²) in [5.74, 6) is -3.64. The fourth-order valence-electron chi connectivity index (χ4n) is 9.95. The van der Waals surface area contributed by atoms with E-state index in [4.69, 9.17) is 11.5 Å². The summed E-state index contributed by atoms with van der Waals surface area (Å²) in [4.78, 5) is 111. The first-order chi connectivity index (χ1) is 32.8. The summed E-state index contributed by atoms with van der Waals surface area (Å²) < 4.78 is 0. The lowest BCUT2D eigenvalue weighted by Crippen LogP contribution is -2.60. The van der Waals surface area contributed by atoms with Crippen LogP contribution in [-0.4, -0.2) is 118 Å². The summed E-state index contributed by atoms with van der Waals surface area (Å²) in [6.45, 7) is 1.81. The van der Waals surface area contributed by atoms with Crippen molar-refractivity contribution < 1.29 is 33.6 Å². The van der Waals surface area contributed by atoms with Crippen LogP contribution in [0.25, 0.3) is 21.8 Å². The maximum atomic E-state index is 14.7. The second-order valence-electron chi connectivity index (χ2n) is 18.4. The SMILES string of the molecule is CC(=O)N[C@@H](Cc1c[nH]c2ccccc12)C(=O)N[C@H]1CCCNC(=O)[C@H](CCCN=C(N)N)NC(=O)[C@H](Cc2c[nH]c3ccccc23)NC(=O)[C@@H](CC2CCCCC2)NC(=O)[C@@H]2CCCN2C1=O. The normalized spacial score (nSPS) is 23.0. The minimum absolute atomic E-state index is 0.0610. The van der Waals surface area contributed by atoms with Crippen molar-refractivity contribution in [2.45, 2.75) is 133 Å². The Morgan fingerprint density at radius 1 is 0.750 bits per heavy atom. The monoisotopic (exact) mass is 935 g/mol. The minimum Gasteiger partial charge on any atom is -0.370 e. The Labute approximate surface area is 395 Å². The van der Waals surface area contributed by atoms with Gasteiger partial charge in [-0.3, -0.25) is 38.6 Å². The third-order valence-corrected chi connectivity index (χ3v) is 13.5. The standard InChI is InChI=1S/C49H66N12O7/c1-29(62)56-40(25-31-27-54-35-16-7-5-14-33(31)35)45(65)58-38-19-10-21-52-43(63)37(18-9-22-53-49(50)51)57-46(66)41(26-32-28-55-36-17-8-6-15-34(32)36)59-44(64)39(24-30-12-3-2-4-13-30)60-47(67)42-20-11-23-61(42)48(38)68/h5-8,14-17,27-28,30,37-42,54-55H,2-4,9-13,18-26H2,1H3,(H,52,63)(H,56,62)(H,57,66)(H,58,65)(H,59,64)(H,60,67)(H4,50,51,53)/t37-,38-,39+,40-,41-,42-/m0/s1. The summed E-state index contributed by atoms with van der Waals surface area (Å²) >= 11 is 0. The molecule has 6 atom stereocenters. The van der Waals surface area contributed by atoms with Crippen molar-refractivity contribution in [3.63, 3.8) is 0 Å². The number of H-pyrrole nitrogens is 2. The van der Waals surface area contributed by atoms with E-state index in [1.54, 1.807) is 12.4 Å². The average molecular weight is 935 g/mol. The molecule has 7 rings (SSSR count). The molecule has 2 aromatic carbocycles. The highest BCUT2D eigenvalue weighted by Crippen LogP contribution is 2.29. The molecular formula is C49H66N12O7. The van der Waals surface area contributed by atoms with Crippen molar-refractivity contribution in [2.24, 2.45) is 22.4 Å². The summed E-state index contributed by atoms with van der Waals surface area (Å²) in [7, 11) is 0. The Morgan fingerprint density at radius 2 is 1.40 bits per heavy atom. The molecule has 2 aromatic heterocycles. The number of rotatable bonds is 13. The van der Waals surface area contributed by atoms with Crippen LogP contribution in [0.3, 0.4) is 0 Å². The van der Waals surface area contributed by atoms with Gasteiger partial charge in [0.15, 0.2) is 5.96 Å². The first-order valence-corrected chi connectivity index (χ1v) is 24.1. The highest BCUT2D eigenvalue weighted by atomic mass is 16.2. The van der Waals surface area contributed by atoms with Crippen molar-refractivity contribution in [1.29, 1.82) is 0 Å². The highest BCUT2D eigenvalue weighted by Gasteiger charge is 2.41. The number of amides is 7. The Balaban J connectivity index is 1.18. The quantitative estimate of drug-likeness (QED) is 0.0531. The zero-order valence-electron chi connectivity index (χ0n) is 38.7. The second kappa shape index (κ2) is 23.2. The fourth-order valence-corrected chi connectivity index (χ4v) is 9.95. The largest absolute Gasteiger partial charge is 0.370 e. The number of para-hydroxylation sites is 2. The molecule has 1 saturated carbocycles. The molecule has 4 aromatic rings. The summed E-state index contributed by atoms with van der Waals surface area (Å²) in [5.41, 5.74) is 14.4. The number of aromatic nitrogens is 2. The van der Waals surface area contributed by atoms with Crippen molar-refractivity contribution in [2.75, 3.05) is 19.6 Å². The van der Waals surface area contributed by atoms with E-state index in [0.717, 1.165) is 65.0 Å². The average Bonchev–Trinajstić information content (AvgIpc) is 4.09. The number of fused-ring (bicyclic) bond motifs is 3. The van der Waals surface area contributed by atoms with Gasteiger partial charge in [0.25, 0.3) is 0 Å². The molecule has 0 bridgehead atoms. The molecule has 68 heavy (non-hydrogen) atoms. The second-order valence-corrected chi connectivity index (χ2v) is 18.4. The number of hydrogen-bond donors (Lipinski definition) is 10. The molecule has 4 heterocycles. The molecule has 19 heteroatoms. The van der Waals surface area contributed by atoms with Crippen LogP contribution in [0.4, 0.5) is 0 Å². The first kappa shape index (κ1) is 49.0. The first-order valence-electron chi connectivity index (χ1n) is 24.1. The van der Waals surface area contributed by atoms with Crippen molar-refractivity contribution in [3.8, 4) is 0 Å². The Kier molecular flexibility index (Phi) is 16.7. The molecule has 12 N–H and O–H groups in total. The van der Waals surface area contributed by atoms with Gasteiger partial charge < -0.3 is 58.2 Å². The van der Waals surface area contributed by atoms with Gasteiger partial charge in [-0.1, -0.05) is 68.5 Å². The van der Waals surface area contributed by atoms with E-state index >= 15 is 0 Å². The van der Waals surface area contributed by atoms with Crippen LogP contribution in [0.2, 0.25) is 0 Å². The maximum Gasteiger partial charge on any atom is 0.245 e. The molecule has 19 nitrogen and oxygen atoms in total. The highest BCUT2D eigenvalue weighted by molar-refractivity contribution is 5.98. The maximum absolute atomic E-state index is 14.7. The predicted molar refractivity (Wildman–Crippen MR) is 257 cm³/mol. The van der Waals surface area contributed by atoms with Crippen LogP contribution >= 0.6 is 0 Å². The molecule has 2 aliphatic heterocycles. The van der Waals surface area contributed by atoms with Gasteiger partial charge >= 0.3 is 0 Å². The lowest BCUT2D eigenvalue weighted by Gasteiger charge is -2.32. The number of hydrogen-bond acceptors (Lipinski definition) is 8. The molecule has 3 fully saturated rings. The zero-order chi connectivity index (χ0) is 48.2. The molecule has 0 radical (unpaired) electrons. The molecule has 364 valence electrons. The number of benzene rings is 2. The zero-order valence-corrected chi connectivity index (χ0v) is 38.7. The van der Waals surface area contributed by atoms with E-state index in [0.29, 0.717) is 25.7 Å². The van der Waals surface area contributed by atoms with Gasteiger partial charge in [0.1, 0.15) is 36.3 Å². The predicted octanol–water partition coefficient (Wildman–Crippen LogP) is 1.80. The van der Waals surface area contributed by atoms with E-state index in [1.165, 1.54) is 11.8 Å². The van der Waals surface area contributed by atoms with Gasteiger partial charge in [0, 0.05) is 73.6 Å². The number of aromatic amines is 2. The number of nitrogens with one attached hydrogen (secondary N) is 8. The molecular weight excluding hydrogens is 869 g/mol. The number of aliphatic imine (C=N–C) groups is 1. The van der Waals surface area contributed by atoms with Gasteiger partial charge in [-0.2, -0.15) is 0 Å². The molecule has 0 spiro atoms. The van der Waals surface area contributed by atoms with E-state index in [1.807, 2.05) is 48.5 Å². The fraction of sp³-hybridized carbons (Fsp3) is 0.510. The van der Waals surface area contributed by atoms with Crippen molar-refractivity contribution in [1.82, 2.24) is 46.8 Å². The van der Waals surface area contributed by atoms with Crippen LogP contribution in [0.5, 0.6) is 0 Å². The van der Waals surface area contributed by atoms with Crippen LogP contribution in [0.1, 0.15) is 95.1 Å². The molecule has 2 saturated heterocycles. The van der Waals surface area contributed by atoms with E-state index in [-0.39, 0.29) is 63.6 Å². The third-order valence-electron chi connectivity index (χ3n) is 13.5. The molecule has 0 unspecified atom stereocenters. The number of nitrogens with two attached hydrogens (primary N) is 2. The Bertz CT molecular complexity index is 2470. The summed E-state index contributed by atoms with van der Waals surface area (Å²) in [5, 5.41) is 19.2. The molecule has 1 aliphatic carbocycles. The molecule has 7 amide bonds. The van der Waals surface area contributed by atoms with Gasteiger partial charge in [0.05, 0.1) is 0 Å². The Morgan fingerprint density at radius 3 is 2.10 bits per heavy atom. The molecule has 3 aliphatic rings. The van der Waals surface area contributed by atoms with Gasteiger partial charge in [-0.25, -0.2) is 0 Å². The lowest BCUT2D eigenvalue weighted by molar-refractivity contribution is -0.142. The summed E-state index contributed by atoms with van der Waals surface area (Å²) in [6, 6.07) is 8.81. The lowest BCUT2D eigenvalue weighted by atomic mass is 9.84. The number of nitrogens with zero attached hydrogens (tertiary/aromatic N) is 2. The van der Waals surface area contributed by atoms with E-state index in [2.05, 4.69) is 46.9 Å². The number of carbonyl (C=O) groups excluding carboxylic acids is 7. The number of guanidine groups is 1. The van der Waals surface area contributed by atoms with Crippen LogP contribution in [-0.2, 0) is 46.4 Å². The van der Waals surface area contributed by atoms with Gasteiger partial charge in [-0.15, -0.1) is 0 Å². The number of carbonyl (C=O) groups is 7. The van der Waals surface area contributed by atoms with Crippen LogP contribution < -0.4 is 43.4 Å². The topological polar surface area (TPSA) is 291 Å². The van der Waals surface area contributed by atoms with Crippen molar-refractivity contribution >= 4 is 69.1 Å². The van der Waals surface area contributed by atoms with Crippen molar-refractivity contribution in [3.05, 3.63) is 72.1 Å². The third kappa shape index (κ3) is 12.7. The van der Waals surface area contributed by atoms with Crippen LogP contribution in [0.15, 0.2) is 65.9 Å². The van der Waals surface area contributed by atoms with Gasteiger partial charge in [0.2, 0.25) is 41.4 Å². The minimum atomic E-state index is -1.15. The van der Waals surface area contributed by atoms with E-state index in [9.17, 15) is 33.6 Å². The van der Waals surface area contributed by atoms with Crippen LogP contribution in [0, 0.1) is 5.92 Å². The van der Waals surface area contributed by atoms with E-state index < -0.39 is 77.6 Å². The smallest absolute Gasteiger partial charge is 0.245 e. The Hall–Kier alpha value is -6.92.